The lowest BCUT2D eigenvalue weighted by Gasteiger charge is -2.21. The summed E-state index contributed by atoms with van der Waals surface area (Å²) in [5.74, 6) is -0.120. The first kappa shape index (κ1) is 32.6. The maximum absolute atomic E-state index is 13.6. The highest BCUT2D eigenvalue weighted by Crippen LogP contribution is 2.42. The summed E-state index contributed by atoms with van der Waals surface area (Å²) in [5.41, 5.74) is 7.06. The van der Waals surface area contributed by atoms with Crippen molar-refractivity contribution >= 4 is 43.9 Å². The van der Waals surface area contributed by atoms with Crippen LogP contribution in [-0.2, 0) is 16.6 Å². The van der Waals surface area contributed by atoms with Gasteiger partial charge in [-0.1, -0.05) is 36.4 Å². The number of furan rings is 1. The highest BCUT2D eigenvalue weighted by atomic mass is 32.2. The molecule has 238 valence electrons. The summed E-state index contributed by atoms with van der Waals surface area (Å²) in [6.07, 6.45) is 1.85. The van der Waals surface area contributed by atoms with E-state index in [4.69, 9.17) is 4.42 Å². The van der Waals surface area contributed by atoms with Gasteiger partial charge in [-0.25, -0.2) is 12.8 Å². The number of aromatic amines is 1. The average Bonchev–Trinajstić information content (AvgIpc) is 3.58. The van der Waals surface area contributed by atoms with Gasteiger partial charge in [0.25, 0.3) is 0 Å². The highest BCUT2D eigenvalue weighted by molar-refractivity contribution is 7.92. The quantitative estimate of drug-likeness (QED) is 0.171. The monoisotopic (exact) mass is 640 g/mol. The Labute approximate surface area is 268 Å². The standard InChI is InChI=1S/C34H30FN3O4S.C2H7N/c1-37(2)19-28-25-10-5-6-11-30(25)36-33(28)23-9-7-8-22(16-23)26-17-27-29(20-39)34(21-12-14-24(35)15-13-21)42-32(27)18-31(26)38(3)43(4,40)41;1-3-2/h5-18,20,36H,19H2,1-4H3;3H,1-2H3. The number of para-hydroxylation sites is 1. The molecule has 0 amide bonds. The third-order valence-electron chi connectivity index (χ3n) is 7.66. The number of sulfonamides is 1. The number of aldehydes is 1. The molecule has 0 saturated heterocycles. The number of H-pyrrole nitrogens is 1. The third kappa shape index (κ3) is 6.46. The minimum Gasteiger partial charge on any atom is -0.455 e. The van der Waals surface area contributed by atoms with Crippen LogP contribution in [-0.4, -0.2) is 66.1 Å². The number of carbonyl (C=O) groups is 1. The van der Waals surface area contributed by atoms with Crippen molar-refractivity contribution in [3.05, 3.63) is 102 Å². The highest BCUT2D eigenvalue weighted by Gasteiger charge is 2.23. The molecule has 6 rings (SSSR count). The number of nitrogens with zero attached hydrogens (tertiary/aromatic N) is 2. The van der Waals surface area contributed by atoms with Gasteiger partial charge in [0.05, 0.1) is 23.2 Å². The molecule has 0 unspecified atom stereocenters. The van der Waals surface area contributed by atoms with Crippen LogP contribution in [0.3, 0.4) is 0 Å². The van der Waals surface area contributed by atoms with Gasteiger partial charge >= 0.3 is 0 Å². The van der Waals surface area contributed by atoms with E-state index < -0.39 is 15.8 Å². The Morgan fingerprint density at radius 1 is 0.870 bits per heavy atom. The molecule has 2 N–H and O–H groups in total. The van der Waals surface area contributed by atoms with E-state index >= 15 is 0 Å². The Morgan fingerprint density at radius 2 is 1.54 bits per heavy atom. The zero-order valence-corrected chi connectivity index (χ0v) is 27.5. The van der Waals surface area contributed by atoms with Crippen molar-refractivity contribution in [1.82, 2.24) is 15.2 Å². The molecule has 2 heterocycles. The molecule has 8 nitrogen and oxygen atoms in total. The van der Waals surface area contributed by atoms with Crippen molar-refractivity contribution in [3.63, 3.8) is 0 Å². The SMILES string of the molecule is CN(C)Cc1c(-c2cccc(-c3cc4c(C=O)c(-c5ccc(F)cc5)oc4cc3N(C)S(C)(=O)=O)c2)[nH]c2ccccc12.CNC. The molecule has 46 heavy (non-hydrogen) atoms. The average molecular weight is 641 g/mol. The van der Waals surface area contributed by atoms with Crippen LogP contribution in [0.4, 0.5) is 10.1 Å². The van der Waals surface area contributed by atoms with Gasteiger partial charge in [-0.2, -0.15) is 0 Å². The van der Waals surface area contributed by atoms with Gasteiger partial charge in [-0.15, -0.1) is 0 Å². The van der Waals surface area contributed by atoms with Crippen LogP contribution in [0, 0.1) is 5.82 Å². The van der Waals surface area contributed by atoms with E-state index in [1.807, 2.05) is 70.7 Å². The zero-order chi connectivity index (χ0) is 33.2. The number of hydrogen-bond acceptors (Lipinski definition) is 6. The van der Waals surface area contributed by atoms with Gasteiger partial charge in [0.15, 0.2) is 6.29 Å². The van der Waals surface area contributed by atoms with Crippen LogP contribution >= 0.6 is 0 Å². The van der Waals surface area contributed by atoms with Crippen molar-refractivity contribution in [2.45, 2.75) is 6.54 Å². The topological polar surface area (TPSA) is 98.7 Å². The van der Waals surface area contributed by atoms with Gasteiger partial charge in [0.1, 0.15) is 17.2 Å². The Morgan fingerprint density at radius 3 is 2.20 bits per heavy atom. The van der Waals surface area contributed by atoms with E-state index in [0.29, 0.717) is 39.6 Å². The number of fused-ring (bicyclic) bond motifs is 2. The van der Waals surface area contributed by atoms with E-state index in [2.05, 4.69) is 21.3 Å². The number of carbonyl (C=O) groups excluding carboxylic acids is 1. The Balaban J connectivity index is 0.00000134. The largest absolute Gasteiger partial charge is 0.455 e. The number of halogens is 1. The zero-order valence-electron chi connectivity index (χ0n) is 26.7. The predicted molar refractivity (Wildman–Crippen MR) is 185 cm³/mol. The van der Waals surface area contributed by atoms with Crippen molar-refractivity contribution in [2.24, 2.45) is 0 Å². The van der Waals surface area contributed by atoms with Crippen LogP contribution in [0.1, 0.15) is 15.9 Å². The molecule has 6 aromatic rings. The fraction of sp³-hybridized carbons (Fsp3) is 0.194. The van der Waals surface area contributed by atoms with Crippen LogP contribution in [0.2, 0.25) is 0 Å². The summed E-state index contributed by atoms with van der Waals surface area (Å²) in [5, 5.41) is 4.41. The number of aromatic nitrogens is 1. The molecule has 0 spiro atoms. The summed E-state index contributed by atoms with van der Waals surface area (Å²) >= 11 is 0. The van der Waals surface area contributed by atoms with Gasteiger partial charge in [-0.05, 0) is 87.3 Å². The molecule has 2 aromatic heterocycles. The number of hydrogen-bond donors (Lipinski definition) is 2. The second-order valence-electron chi connectivity index (χ2n) is 11.4. The minimum atomic E-state index is -3.65. The number of anilines is 1. The molecule has 0 radical (unpaired) electrons. The smallest absolute Gasteiger partial charge is 0.232 e. The second kappa shape index (κ2) is 13.3. The molecule has 4 aromatic carbocycles. The number of benzene rings is 4. The molecule has 0 bridgehead atoms. The van der Waals surface area contributed by atoms with Gasteiger partial charge in [-0.3, -0.25) is 9.10 Å². The number of nitrogens with one attached hydrogen (secondary N) is 2. The van der Waals surface area contributed by atoms with Crippen molar-refractivity contribution < 1.29 is 22.0 Å². The minimum absolute atomic E-state index is 0.287. The molecule has 0 aliphatic heterocycles. The van der Waals surface area contributed by atoms with Crippen molar-refractivity contribution in [2.75, 3.05) is 45.8 Å². The van der Waals surface area contributed by atoms with Crippen LogP contribution in [0.5, 0.6) is 0 Å². The summed E-state index contributed by atoms with van der Waals surface area (Å²) in [6.45, 7) is 0.724. The molecule has 0 aliphatic carbocycles. The Kier molecular flexibility index (Phi) is 9.43. The lowest BCUT2D eigenvalue weighted by molar-refractivity contribution is 0.112. The van der Waals surface area contributed by atoms with E-state index in [1.54, 1.807) is 24.3 Å². The van der Waals surface area contributed by atoms with Gasteiger partial charge in [0.2, 0.25) is 10.0 Å². The van der Waals surface area contributed by atoms with Gasteiger partial charge in [0, 0.05) is 47.1 Å². The Hall–Kier alpha value is -4.77. The molecular weight excluding hydrogens is 603 g/mol. The lowest BCUT2D eigenvalue weighted by atomic mass is 9.96. The number of rotatable bonds is 8. The third-order valence-corrected chi connectivity index (χ3v) is 8.85. The molecule has 0 saturated carbocycles. The van der Waals surface area contributed by atoms with Crippen LogP contribution in [0.25, 0.3) is 55.6 Å². The van der Waals surface area contributed by atoms with E-state index in [9.17, 15) is 17.6 Å². The van der Waals surface area contributed by atoms with Gasteiger partial charge < -0.3 is 19.6 Å². The summed E-state index contributed by atoms with van der Waals surface area (Å²) < 4.78 is 46.5. The first-order chi connectivity index (χ1) is 22.0. The summed E-state index contributed by atoms with van der Waals surface area (Å²) in [7, 11) is 5.64. The Bertz CT molecular complexity index is 2130. The van der Waals surface area contributed by atoms with Crippen molar-refractivity contribution in [3.8, 4) is 33.7 Å². The molecule has 0 atom stereocenters. The normalized spacial score (nSPS) is 11.6. The molecule has 0 fully saturated rings. The maximum Gasteiger partial charge on any atom is 0.232 e. The van der Waals surface area contributed by atoms with Crippen LogP contribution in [0.15, 0.2) is 89.3 Å². The molecule has 10 heteroatoms. The first-order valence-corrected chi connectivity index (χ1v) is 16.5. The van der Waals surface area contributed by atoms with Crippen molar-refractivity contribution in [1.29, 1.82) is 0 Å². The summed E-state index contributed by atoms with van der Waals surface area (Å²) in [4.78, 5) is 18.1. The molecule has 0 aliphatic rings. The summed E-state index contributed by atoms with van der Waals surface area (Å²) in [6, 6.07) is 25.2. The van der Waals surface area contributed by atoms with E-state index in [0.717, 1.165) is 46.1 Å². The first-order valence-electron chi connectivity index (χ1n) is 14.7. The fourth-order valence-electron chi connectivity index (χ4n) is 5.52. The fourth-order valence-corrected chi connectivity index (χ4v) is 6.03. The van der Waals surface area contributed by atoms with E-state index in [1.165, 1.54) is 23.5 Å². The molecular formula is C36H37FN4O4S. The lowest BCUT2D eigenvalue weighted by Crippen LogP contribution is -2.25. The predicted octanol–water partition coefficient (Wildman–Crippen LogP) is 7.16. The van der Waals surface area contributed by atoms with E-state index in [-0.39, 0.29) is 5.76 Å². The van der Waals surface area contributed by atoms with Crippen LogP contribution < -0.4 is 9.62 Å². The maximum atomic E-state index is 13.6. The second-order valence-corrected chi connectivity index (χ2v) is 13.4.